The summed E-state index contributed by atoms with van der Waals surface area (Å²) in [5, 5.41) is 2.78. The second-order valence-corrected chi connectivity index (χ2v) is 7.80. The van der Waals surface area contributed by atoms with Crippen molar-refractivity contribution in [2.75, 3.05) is 36.6 Å². The number of sulfonamides is 1. The van der Waals surface area contributed by atoms with Crippen LogP contribution in [0.4, 0.5) is 11.4 Å². The van der Waals surface area contributed by atoms with Crippen LogP contribution in [0.1, 0.15) is 12.8 Å². The van der Waals surface area contributed by atoms with Crippen LogP contribution in [-0.2, 0) is 14.8 Å². The average Bonchev–Trinajstić information content (AvgIpc) is 2.64. The molecule has 0 aromatic heterocycles. The number of nitrogens with zero attached hydrogens (tertiary/aromatic N) is 1. The lowest BCUT2D eigenvalue weighted by Gasteiger charge is -2.24. The van der Waals surface area contributed by atoms with Crippen molar-refractivity contribution in [1.29, 1.82) is 0 Å². The van der Waals surface area contributed by atoms with E-state index in [0.717, 1.165) is 6.26 Å². The number of carbonyl (C=O) groups is 1. The summed E-state index contributed by atoms with van der Waals surface area (Å²) in [6.07, 6.45) is 1.68. The molecule has 2 aromatic rings. The van der Waals surface area contributed by atoms with Gasteiger partial charge in [-0.25, -0.2) is 8.42 Å². The SMILES string of the molecule is COc1cccc(NC(=O)CCCN(c2ccccc2OC)S(C)(=O)=O)c1. The number of nitrogens with one attached hydrogen (secondary N) is 1. The maximum Gasteiger partial charge on any atom is 0.232 e. The minimum absolute atomic E-state index is 0.171. The normalized spacial score (nSPS) is 10.9. The van der Waals surface area contributed by atoms with Gasteiger partial charge in [-0.2, -0.15) is 0 Å². The van der Waals surface area contributed by atoms with Gasteiger partial charge < -0.3 is 14.8 Å². The Labute approximate surface area is 160 Å². The topological polar surface area (TPSA) is 84.9 Å². The summed E-state index contributed by atoms with van der Waals surface area (Å²) >= 11 is 0. The molecular formula is C19H24N2O5S. The van der Waals surface area contributed by atoms with Crippen LogP contribution in [0.25, 0.3) is 0 Å². The van der Waals surface area contributed by atoms with Gasteiger partial charge in [0, 0.05) is 24.7 Å². The van der Waals surface area contributed by atoms with Gasteiger partial charge >= 0.3 is 0 Å². The number of benzene rings is 2. The monoisotopic (exact) mass is 392 g/mol. The van der Waals surface area contributed by atoms with Crippen LogP contribution in [0, 0.1) is 0 Å². The number of amides is 1. The summed E-state index contributed by atoms with van der Waals surface area (Å²) in [6, 6.07) is 13.9. The minimum Gasteiger partial charge on any atom is -0.497 e. The zero-order chi connectivity index (χ0) is 19.9. The van der Waals surface area contributed by atoms with Crippen LogP contribution in [0.5, 0.6) is 11.5 Å². The van der Waals surface area contributed by atoms with Crippen molar-refractivity contribution in [2.24, 2.45) is 0 Å². The summed E-state index contributed by atoms with van der Waals surface area (Å²) in [5.41, 5.74) is 1.08. The smallest absolute Gasteiger partial charge is 0.232 e. The lowest BCUT2D eigenvalue weighted by Crippen LogP contribution is -2.31. The fourth-order valence-electron chi connectivity index (χ4n) is 2.61. The average molecular weight is 392 g/mol. The standard InChI is InChI=1S/C19H24N2O5S/c1-25-16-9-6-8-15(14-16)20-19(22)12-7-13-21(27(3,23)24)17-10-4-5-11-18(17)26-2/h4-6,8-11,14H,7,12-13H2,1-3H3,(H,20,22). The van der Waals surface area contributed by atoms with Crippen molar-refractivity contribution in [2.45, 2.75) is 12.8 Å². The van der Waals surface area contributed by atoms with Crippen LogP contribution < -0.4 is 19.1 Å². The second kappa shape index (κ2) is 9.27. The molecule has 0 aliphatic rings. The molecule has 1 N–H and O–H groups in total. The number of methoxy groups -OCH3 is 2. The van der Waals surface area contributed by atoms with Crippen LogP contribution in [0.2, 0.25) is 0 Å². The second-order valence-electron chi connectivity index (χ2n) is 5.89. The molecule has 0 unspecified atom stereocenters. The van der Waals surface area contributed by atoms with Gasteiger partial charge in [-0.05, 0) is 30.7 Å². The van der Waals surface area contributed by atoms with Gasteiger partial charge in [0.25, 0.3) is 0 Å². The molecular weight excluding hydrogens is 368 g/mol. The highest BCUT2D eigenvalue weighted by Crippen LogP contribution is 2.29. The van der Waals surface area contributed by atoms with Crippen molar-refractivity contribution in [3.63, 3.8) is 0 Å². The number of hydrogen-bond acceptors (Lipinski definition) is 5. The molecule has 0 aliphatic heterocycles. The maximum absolute atomic E-state index is 12.2. The fourth-order valence-corrected chi connectivity index (χ4v) is 3.58. The first-order valence-electron chi connectivity index (χ1n) is 8.40. The fraction of sp³-hybridized carbons (Fsp3) is 0.316. The van der Waals surface area contributed by atoms with E-state index in [1.54, 1.807) is 55.6 Å². The van der Waals surface area contributed by atoms with Gasteiger partial charge in [0.1, 0.15) is 11.5 Å². The van der Waals surface area contributed by atoms with E-state index in [1.165, 1.54) is 11.4 Å². The third-order valence-electron chi connectivity index (χ3n) is 3.87. The third kappa shape index (κ3) is 5.89. The highest BCUT2D eigenvalue weighted by Gasteiger charge is 2.20. The Morgan fingerprint density at radius 3 is 2.48 bits per heavy atom. The van der Waals surface area contributed by atoms with Crippen molar-refractivity contribution in [3.8, 4) is 11.5 Å². The van der Waals surface area contributed by atoms with Gasteiger partial charge in [0.05, 0.1) is 26.2 Å². The van der Waals surface area contributed by atoms with E-state index in [9.17, 15) is 13.2 Å². The van der Waals surface area contributed by atoms with Gasteiger partial charge in [-0.15, -0.1) is 0 Å². The number of carbonyl (C=O) groups excluding carboxylic acids is 1. The van der Waals surface area contributed by atoms with Crippen LogP contribution in [0.3, 0.4) is 0 Å². The predicted molar refractivity (Wildman–Crippen MR) is 106 cm³/mol. The largest absolute Gasteiger partial charge is 0.497 e. The predicted octanol–water partition coefficient (Wildman–Crippen LogP) is 2.89. The molecule has 0 saturated heterocycles. The molecule has 0 radical (unpaired) electrons. The summed E-state index contributed by atoms with van der Waals surface area (Å²) in [6.45, 7) is 0.171. The molecule has 0 saturated carbocycles. The molecule has 8 heteroatoms. The zero-order valence-corrected chi connectivity index (χ0v) is 16.5. The van der Waals surface area contributed by atoms with Gasteiger partial charge in [-0.1, -0.05) is 18.2 Å². The van der Waals surface area contributed by atoms with Gasteiger partial charge in [0.2, 0.25) is 15.9 Å². The quantitative estimate of drug-likeness (QED) is 0.709. The summed E-state index contributed by atoms with van der Waals surface area (Å²) in [7, 11) is -0.470. The first-order chi connectivity index (χ1) is 12.8. The van der Waals surface area contributed by atoms with Gasteiger partial charge in [-0.3, -0.25) is 9.10 Å². The van der Waals surface area contributed by atoms with Crippen molar-refractivity contribution in [3.05, 3.63) is 48.5 Å². The molecule has 0 aliphatic carbocycles. The summed E-state index contributed by atoms with van der Waals surface area (Å²) in [5.74, 6) is 0.910. The molecule has 0 fully saturated rings. The third-order valence-corrected chi connectivity index (χ3v) is 5.05. The van der Waals surface area contributed by atoms with E-state index < -0.39 is 10.0 Å². The van der Waals surface area contributed by atoms with Crippen molar-refractivity contribution < 1.29 is 22.7 Å². The summed E-state index contributed by atoms with van der Waals surface area (Å²) < 4.78 is 36.0. The first kappa shape index (κ1) is 20.6. The lowest BCUT2D eigenvalue weighted by molar-refractivity contribution is -0.116. The first-order valence-corrected chi connectivity index (χ1v) is 10.2. The number of rotatable bonds is 9. The summed E-state index contributed by atoms with van der Waals surface area (Å²) in [4.78, 5) is 12.2. The minimum atomic E-state index is -3.51. The van der Waals surface area contributed by atoms with E-state index in [-0.39, 0.29) is 18.9 Å². The number of para-hydroxylation sites is 2. The molecule has 7 nitrogen and oxygen atoms in total. The van der Waals surface area contributed by atoms with Crippen LogP contribution in [-0.4, -0.2) is 41.3 Å². The van der Waals surface area contributed by atoms with E-state index >= 15 is 0 Å². The van der Waals surface area contributed by atoms with E-state index in [1.807, 2.05) is 0 Å². The van der Waals surface area contributed by atoms with E-state index in [4.69, 9.17) is 9.47 Å². The highest BCUT2D eigenvalue weighted by atomic mass is 32.2. The van der Waals surface area contributed by atoms with E-state index in [2.05, 4.69) is 5.32 Å². The number of hydrogen-bond donors (Lipinski definition) is 1. The van der Waals surface area contributed by atoms with Gasteiger partial charge in [0.15, 0.2) is 0 Å². The molecule has 0 bridgehead atoms. The van der Waals surface area contributed by atoms with Crippen LogP contribution in [0.15, 0.2) is 48.5 Å². The Balaban J connectivity index is 2.00. The van der Waals surface area contributed by atoms with Crippen molar-refractivity contribution in [1.82, 2.24) is 0 Å². The molecule has 0 atom stereocenters. The van der Waals surface area contributed by atoms with E-state index in [0.29, 0.717) is 29.3 Å². The lowest BCUT2D eigenvalue weighted by atomic mass is 10.2. The van der Waals surface area contributed by atoms with Crippen molar-refractivity contribution >= 4 is 27.3 Å². The van der Waals surface area contributed by atoms with Crippen LogP contribution >= 0.6 is 0 Å². The molecule has 146 valence electrons. The highest BCUT2D eigenvalue weighted by molar-refractivity contribution is 7.92. The Morgan fingerprint density at radius 2 is 1.81 bits per heavy atom. The Bertz CT molecular complexity index is 883. The zero-order valence-electron chi connectivity index (χ0n) is 15.6. The Kier molecular flexibility index (Phi) is 7.06. The molecule has 0 heterocycles. The molecule has 2 rings (SSSR count). The number of anilines is 2. The maximum atomic E-state index is 12.2. The Morgan fingerprint density at radius 1 is 1.07 bits per heavy atom. The molecule has 0 spiro atoms. The molecule has 2 aromatic carbocycles. The number of ether oxygens (including phenoxy) is 2. The molecule has 1 amide bonds. The molecule has 27 heavy (non-hydrogen) atoms. The Hall–Kier alpha value is -2.74.